The fourth-order valence-corrected chi connectivity index (χ4v) is 1.36. The van der Waals surface area contributed by atoms with Crippen molar-refractivity contribution < 1.29 is 30.5 Å². The molecule has 0 aliphatic rings. The molecule has 0 aliphatic heterocycles. The van der Waals surface area contributed by atoms with Crippen LogP contribution in [0.3, 0.4) is 0 Å². The Bertz CT molecular complexity index is 508. The van der Waals surface area contributed by atoms with Crippen molar-refractivity contribution in [1.29, 1.82) is 0 Å². The first kappa shape index (κ1) is 15.5. The number of ether oxygens (including phenoxy) is 1. The Morgan fingerprint density at radius 2 is 1.79 bits per heavy atom. The lowest BCUT2D eigenvalue weighted by Crippen LogP contribution is -2.23. The molecule has 8 heteroatoms. The molecule has 0 fully saturated rings. The summed E-state index contributed by atoms with van der Waals surface area (Å²) in [7, 11) is -5.58. The van der Waals surface area contributed by atoms with Gasteiger partial charge in [-0.3, -0.25) is 0 Å². The van der Waals surface area contributed by atoms with Crippen molar-refractivity contribution in [2.24, 2.45) is 0 Å². The van der Waals surface area contributed by atoms with Crippen LogP contribution in [0.5, 0.6) is 0 Å². The summed E-state index contributed by atoms with van der Waals surface area (Å²) in [6, 6.07) is 9.09. The average molecular weight is 296 g/mol. The minimum absolute atomic E-state index is 0.0672. The van der Waals surface area contributed by atoms with Crippen LogP contribution in [0.25, 0.3) is 0 Å². The first-order valence-electron chi connectivity index (χ1n) is 5.09. The first-order chi connectivity index (χ1) is 8.83. The number of rotatable bonds is 6. The summed E-state index contributed by atoms with van der Waals surface area (Å²) in [5, 5.41) is 0. The lowest BCUT2D eigenvalue weighted by molar-refractivity contribution is -0.0515. The Labute approximate surface area is 108 Å². The third-order valence-corrected chi connectivity index (χ3v) is 2.82. The van der Waals surface area contributed by atoms with Crippen molar-refractivity contribution in [2.75, 3.05) is 6.61 Å². The van der Waals surface area contributed by atoms with Crippen LogP contribution in [0, 0.1) is 0 Å². The van der Waals surface area contributed by atoms with Crippen molar-refractivity contribution in [3.8, 4) is 0 Å². The molecule has 0 bridgehead atoms. The van der Waals surface area contributed by atoms with Crippen LogP contribution in [0.2, 0.25) is 0 Å². The number of halogens is 3. The second-order valence-corrected chi connectivity index (χ2v) is 4.93. The van der Waals surface area contributed by atoms with E-state index in [0.29, 0.717) is 6.26 Å². The van der Waals surface area contributed by atoms with Crippen LogP contribution < -0.4 is 0 Å². The molecule has 1 rings (SSSR count). The minimum atomic E-state index is -5.58. The molecule has 0 heterocycles. The number of benzene rings is 1. The van der Waals surface area contributed by atoms with E-state index in [1.807, 2.05) is 30.3 Å². The van der Waals surface area contributed by atoms with E-state index in [2.05, 4.69) is 4.18 Å². The third kappa shape index (κ3) is 5.31. The Morgan fingerprint density at radius 1 is 1.16 bits per heavy atom. The lowest BCUT2D eigenvalue weighted by atomic mass is 10.2. The van der Waals surface area contributed by atoms with Gasteiger partial charge in [-0.15, -0.1) is 0 Å². The molecule has 0 N–H and O–H groups in total. The summed E-state index contributed by atoms with van der Waals surface area (Å²) < 4.78 is 65.2. The zero-order valence-corrected chi connectivity index (χ0v) is 10.4. The highest BCUT2D eigenvalue weighted by atomic mass is 32.2. The minimum Gasteiger partial charge on any atom is -0.384 e. The molecule has 0 radical (unpaired) electrons. The summed E-state index contributed by atoms with van der Waals surface area (Å²) in [6.45, 7) is 0.194. The van der Waals surface area contributed by atoms with Gasteiger partial charge in [0.2, 0.25) is 0 Å². The maximum Gasteiger partial charge on any atom is 0.534 e. The Kier molecular flexibility index (Phi) is 5.37. The Morgan fingerprint density at radius 3 is 2.37 bits per heavy atom. The number of hydrogen-bond donors (Lipinski definition) is 0. The molecule has 0 saturated carbocycles. The van der Waals surface area contributed by atoms with Gasteiger partial charge in [-0.25, -0.2) is 0 Å². The zero-order chi connectivity index (χ0) is 14.4. The van der Waals surface area contributed by atoms with Gasteiger partial charge in [0.05, 0.1) is 13.2 Å². The van der Waals surface area contributed by atoms with E-state index in [9.17, 15) is 21.6 Å². The molecule has 0 aromatic heterocycles. The van der Waals surface area contributed by atoms with E-state index in [1.165, 1.54) is 0 Å². The van der Waals surface area contributed by atoms with Gasteiger partial charge in [0.25, 0.3) is 0 Å². The van der Waals surface area contributed by atoms with E-state index >= 15 is 0 Å². The van der Waals surface area contributed by atoms with E-state index < -0.39 is 15.6 Å². The molecule has 106 valence electrons. The molecule has 0 spiro atoms. The molecular formula is C11H11F3O4S. The van der Waals surface area contributed by atoms with Crippen molar-refractivity contribution >= 4 is 10.1 Å². The molecule has 19 heavy (non-hydrogen) atoms. The quantitative estimate of drug-likeness (QED) is 0.350. The second kappa shape index (κ2) is 6.58. The summed E-state index contributed by atoms with van der Waals surface area (Å²) >= 11 is 0. The molecule has 4 nitrogen and oxygen atoms in total. The van der Waals surface area contributed by atoms with Gasteiger partial charge in [0, 0.05) is 0 Å². The molecule has 0 aliphatic carbocycles. The van der Waals surface area contributed by atoms with Crippen LogP contribution in [0.4, 0.5) is 13.2 Å². The van der Waals surface area contributed by atoms with Gasteiger partial charge in [-0.05, 0) is 11.6 Å². The highest BCUT2D eigenvalue weighted by Crippen LogP contribution is 2.24. The highest BCUT2D eigenvalue weighted by Gasteiger charge is 2.47. The van der Waals surface area contributed by atoms with Crippen LogP contribution in [-0.4, -0.2) is 20.5 Å². The summed E-state index contributed by atoms with van der Waals surface area (Å²) in [5.74, 6) is 0. The van der Waals surface area contributed by atoms with Gasteiger partial charge in [0.15, 0.2) is 0 Å². The molecular weight excluding hydrogens is 285 g/mol. The van der Waals surface area contributed by atoms with E-state index in [1.54, 1.807) is 0 Å². The first-order valence-corrected chi connectivity index (χ1v) is 6.50. The molecule has 0 unspecified atom stereocenters. The van der Waals surface area contributed by atoms with Gasteiger partial charge < -0.3 is 8.92 Å². The maximum absolute atomic E-state index is 11.9. The Hall–Kier alpha value is -1.54. The number of hydrogen-bond acceptors (Lipinski definition) is 4. The predicted octanol–water partition coefficient (Wildman–Crippen LogP) is 2.58. The zero-order valence-electron chi connectivity index (χ0n) is 9.63. The van der Waals surface area contributed by atoms with Crippen molar-refractivity contribution in [3.63, 3.8) is 0 Å². The summed E-state index contributed by atoms with van der Waals surface area (Å²) in [5.41, 5.74) is -4.54. The smallest absolute Gasteiger partial charge is 0.384 e. The van der Waals surface area contributed by atoms with Gasteiger partial charge in [-0.1, -0.05) is 30.3 Å². The molecule has 0 saturated heterocycles. The molecule has 0 amide bonds. The fourth-order valence-electron chi connectivity index (χ4n) is 1.03. The third-order valence-electron chi connectivity index (χ3n) is 1.89. The standard InChI is InChI=1S/C11H11F3O4S/c12-11(13,14)19(15,16)18-8-4-7-17-9-10-5-2-1-3-6-10/h1-6,8H,7,9H2/b8-4-. The average Bonchev–Trinajstić information content (AvgIpc) is 2.33. The van der Waals surface area contributed by atoms with Crippen molar-refractivity contribution in [1.82, 2.24) is 0 Å². The molecule has 1 aromatic rings. The van der Waals surface area contributed by atoms with Gasteiger partial charge in [0.1, 0.15) is 6.26 Å². The summed E-state index contributed by atoms with van der Waals surface area (Å²) in [6.07, 6.45) is 1.47. The maximum atomic E-state index is 11.9. The van der Waals surface area contributed by atoms with E-state index in [0.717, 1.165) is 11.6 Å². The van der Waals surface area contributed by atoms with Gasteiger partial charge >= 0.3 is 15.6 Å². The van der Waals surface area contributed by atoms with Crippen LogP contribution in [-0.2, 0) is 25.6 Å². The topological polar surface area (TPSA) is 52.6 Å². The Balaban J connectivity index is 2.29. The van der Waals surface area contributed by atoms with E-state index in [4.69, 9.17) is 4.74 Å². The second-order valence-electron chi connectivity index (χ2n) is 3.37. The van der Waals surface area contributed by atoms with E-state index in [-0.39, 0.29) is 13.2 Å². The monoisotopic (exact) mass is 296 g/mol. The largest absolute Gasteiger partial charge is 0.534 e. The predicted molar refractivity (Wildman–Crippen MR) is 61.3 cm³/mol. The normalized spacial score (nSPS) is 12.8. The van der Waals surface area contributed by atoms with Crippen molar-refractivity contribution in [3.05, 3.63) is 48.2 Å². The fraction of sp³-hybridized carbons (Fsp3) is 0.273. The SMILES string of the molecule is O=S(=O)(O/C=C\COCc1ccccc1)C(F)(F)F. The van der Waals surface area contributed by atoms with Crippen LogP contribution in [0.15, 0.2) is 42.7 Å². The molecule has 0 atom stereocenters. The van der Waals surface area contributed by atoms with Crippen molar-refractivity contribution in [2.45, 2.75) is 12.1 Å². The van der Waals surface area contributed by atoms with Crippen LogP contribution >= 0.6 is 0 Å². The van der Waals surface area contributed by atoms with Crippen LogP contribution in [0.1, 0.15) is 5.56 Å². The lowest BCUT2D eigenvalue weighted by Gasteiger charge is -2.05. The molecule has 1 aromatic carbocycles. The highest BCUT2D eigenvalue weighted by molar-refractivity contribution is 7.87. The summed E-state index contributed by atoms with van der Waals surface area (Å²) in [4.78, 5) is 0. The van der Waals surface area contributed by atoms with Gasteiger partial charge in [-0.2, -0.15) is 21.6 Å². The number of alkyl halides is 3.